The number of nitrogen functional groups attached to an aromatic ring is 1. The van der Waals surface area contributed by atoms with Gasteiger partial charge in [-0.25, -0.2) is 4.79 Å². The van der Waals surface area contributed by atoms with Crippen LogP contribution in [-0.2, 0) is 12.8 Å². The van der Waals surface area contributed by atoms with Crippen LogP contribution in [0.5, 0.6) is 0 Å². The summed E-state index contributed by atoms with van der Waals surface area (Å²) in [7, 11) is 0. The Kier molecular flexibility index (Phi) is 3.77. The first-order valence-corrected chi connectivity index (χ1v) is 7.52. The minimum Gasteiger partial charge on any atom is -0.390 e. The van der Waals surface area contributed by atoms with Crippen molar-refractivity contribution in [1.82, 2.24) is 5.32 Å². The Morgan fingerprint density at radius 3 is 2.55 bits per heavy atom. The third kappa shape index (κ3) is 2.80. The predicted molar refractivity (Wildman–Crippen MR) is 80.8 cm³/mol. The van der Waals surface area contributed by atoms with Gasteiger partial charge in [-0.05, 0) is 36.2 Å². The zero-order valence-electron chi connectivity index (χ0n) is 12.1. The molecule has 20 heavy (non-hydrogen) atoms. The number of thiophene rings is 1. The summed E-state index contributed by atoms with van der Waals surface area (Å²) in [6, 6.07) is -0.849. The van der Waals surface area contributed by atoms with Gasteiger partial charge in [0.05, 0.1) is 10.6 Å². The molecule has 1 aromatic heterocycles. The largest absolute Gasteiger partial charge is 0.390 e. The summed E-state index contributed by atoms with van der Waals surface area (Å²) >= 11 is 1.46. The maximum absolute atomic E-state index is 12.0. The lowest BCUT2D eigenvalue weighted by Gasteiger charge is -2.33. The van der Waals surface area contributed by atoms with Crippen molar-refractivity contribution in [3.8, 4) is 0 Å². The second-order valence-electron chi connectivity index (χ2n) is 6.37. The van der Waals surface area contributed by atoms with Crippen LogP contribution in [0.4, 0.5) is 9.80 Å². The third-order valence-corrected chi connectivity index (χ3v) is 5.06. The standard InChI is InChI=1S/C14H21N3O2S/c1-14(2,3)7-4-5-8-9(6-7)20-11(15)10(8)12(18)17-13(16)19/h7H,4-6,15H2,1-3H3,(H3,16,17,18,19). The second-order valence-corrected chi connectivity index (χ2v) is 7.50. The van der Waals surface area contributed by atoms with Crippen LogP contribution in [0.15, 0.2) is 0 Å². The minimum absolute atomic E-state index is 0.242. The molecule has 1 heterocycles. The zero-order chi connectivity index (χ0) is 15.1. The molecule has 1 aromatic rings. The van der Waals surface area contributed by atoms with Crippen LogP contribution >= 0.6 is 11.3 Å². The van der Waals surface area contributed by atoms with Gasteiger partial charge in [0.15, 0.2) is 0 Å². The summed E-state index contributed by atoms with van der Waals surface area (Å²) < 4.78 is 0. The molecule has 0 saturated carbocycles. The summed E-state index contributed by atoms with van der Waals surface area (Å²) in [5, 5.41) is 2.58. The highest BCUT2D eigenvalue weighted by atomic mass is 32.1. The molecule has 3 amide bonds. The molecule has 0 fully saturated rings. The van der Waals surface area contributed by atoms with Crippen LogP contribution in [0.25, 0.3) is 0 Å². The van der Waals surface area contributed by atoms with Crippen LogP contribution < -0.4 is 16.8 Å². The van der Waals surface area contributed by atoms with Gasteiger partial charge in [0, 0.05) is 4.88 Å². The van der Waals surface area contributed by atoms with E-state index in [4.69, 9.17) is 11.5 Å². The van der Waals surface area contributed by atoms with Crippen molar-refractivity contribution in [1.29, 1.82) is 0 Å². The number of imide groups is 1. The molecular weight excluding hydrogens is 274 g/mol. The molecule has 6 heteroatoms. The molecule has 0 saturated heterocycles. The molecule has 0 radical (unpaired) electrons. The van der Waals surface area contributed by atoms with Crippen molar-refractivity contribution < 1.29 is 9.59 Å². The lowest BCUT2D eigenvalue weighted by Crippen LogP contribution is -2.36. The first-order chi connectivity index (χ1) is 9.20. The van der Waals surface area contributed by atoms with Gasteiger partial charge in [-0.3, -0.25) is 10.1 Å². The van der Waals surface area contributed by atoms with E-state index in [1.807, 2.05) is 0 Å². The van der Waals surface area contributed by atoms with E-state index in [2.05, 4.69) is 26.1 Å². The van der Waals surface area contributed by atoms with Crippen LogP contribution in [-0.4, -0.2) is 11.9 Å². The number of nitrogens with two attached hydrogens (primary N) is 2. The molecule has 1 aliphatic carbocycles. The Balaban J connectivity index is 2.30. The maximum Gasteiger partial charge on any atom is 0.319 e. The quantitative estimate of drug-likeness (QED) is 0.741. The van der Waals surface area contributed by atoms with E-state index in [0.717, 1.165) is 24.8 Å². The number of amides is 3. The van der Waals surface area contributed by atoms with Crippen LogP contribution in [0.2, 0.25) is 0 Å². The van der Waals surface area contributed by atoms with Gasteiger partial charge in [0.1, 0.15) is 0 Å². The number of hydrogen-bond donors (Lipinski definition) is 3. The third-order valence-electron chi connectivity index (χ3n) is 3.98. The average Bonchev–Trinajstić information content (AvgIpc) is 2.61. The number of nitrogens with one attached hydrogen (secondary N) is 1. The molecule has 0 aromatic carbocycles. The summed E-state index contributed by atoms with van der Waals surface area (Å²) in [6.07, 6.45) is 2.80. The van der Waals surface area contributed by atoms with Crippen molar-refractivity contribution in [3.05, 3.63) is 16.0 Å². The summed E-state index contributed by atoms with van der Waals surface area (Å²) in [5.41, 5.74) is 12.6. The second kappa shape index (κ2) is 5.09. The van der Waals surface area contributed by atoms with Crippen LogP contribution in [0.3, 0.4) is 0 Å². The minimum atomic E-state index is -0.849. The highest BCUT2D eigenvalue weighted by molar-refractivity contribution is 7.16. The fourth-order valence-corrected chi connectivity index (χ4v) is 3.96. The number of rotatable bonds is 1. The fourth-order valence-electron chi connectivity index (χ4n) is 2.77. The summed E-state index contributed by atoms with van der Waals surface area (Å²) in [5.74, 6) is 0.0989. The van der Waals surface area contributed by atoms with E-state index in [1.165, 1.54) is 16.2 Å². The van der Waals surface area contributed by atoms with Gasteiger partial charge in [0.2, 0.25) is 0 Å². The normalized spacial score (nSPS) is 18.4. The number of fused-ring (bicyclic) bond motifs is 1. The van der Waals surface area contributed by atoms with E-state index < -0.39 is 11.9 Å². The Morgan fingerprint density at radius 2 is 2.00 bits per heavy atom. The highest BCUT2D eigenvalue weighted by Crippen LogP contribution is 2.43. The average molecular weight is 295 g/mol. The lowest BCUT2D eigenvalue weighted by atomic mass is 9.72. The van der Waals surface area contributed by atoms with Crippen molar-refractivity contribution in [2.24, 2.45) is 17.1 Å². The Bertz CT molecular complexity index is 558. The first kappa shape index (κ1) is 14.8. The topological polar surface area (TPSA) is 98.2 Å². The molecular formula is C14H21N3O2S. The van der Waals surface area contributed by atoms with E-state index in [0.29, 0.717) is 16.5 Å². The molecule has 5 N–H and O–H groups in total. The van der Waals surface area contributed by atoms with Crippen molar-refractivity contribution in [2.75, 3.05) is 5.73 Å². The molecule has 1 atom stereocenters. The number of urea groups is 1. The SMILES string of the molecule is CC(C)(C)C1CCc2c(sc(N)c2C(=O)NC(N)=O)C1. The van der Waals surface area contributed by atoms with Crippen molar-refractivity contribution in [3.63, 3.8) is 0 Å². The monoisotopic (exact) mass is 295 g/mol. The van der Waals surface area contributed by atoms with Gasteiger partial charge in [-0.1, -0.05) is 20.8 Å². The van der Waals surface area contributed by atoms with Gasteiger partial charge in [0.25, 0.3) is 5.91 Å². The molecule has 1 unspecified atom stereocenters. The number of primary amides is 1. The van der Waals surface area contributed by atoms with Gasteiger partial charge < -0.3 is 11.5 Å². The maximum atomic E-state index is 12.0. The fraction of sp³-hybridized carbons (Fsp3) is 0.571. The van der Waals surface area contributed by atoms with Gasteiger partial charge >= 0.3 is 6.03 Å². The van der Waals surface area contributed by atoms with Crippen molar-refractivity contribution >= 4 is 28.3 Å². The highest BCUT2D eigenvalue weighted by Gasteiger charge is 2.33. The molecule has 110 valence electrons. The first-order valence-electron chi connectivity index (χ1n) is 6.71. The zero-order valence-corrected chi connectivity index (χ0v) is 12.9. The molecule has 1 aliphatic rings. The smallest absolute Gasteiger partial charge is 0.319 e. The Hall–Kier alpha value is -1.56. The number of carbonyl (C=O) groups excluding carboxylic acids is 2. The molecule has 2 rings (SSSR count). The molecule has 0 aliphatic heterocycles. The number of anilines is 1. The summed E-state index contributed by atoms with van der Waals surface area (Å²) in [6.45, 7) is 6.71. The van der Waals surface area contributed by atoms with E-state index in [-0.39, 0.29) is 5.41 Å². The van der Waals surface area contributed by atoms with E-state index in [1.54, 1.807) is 0 Å². The van der Waals surface area contributed by atoms with E-state index in [9.17, 15) is 9.59 Å². The Labute approximate surface area is 122 Å². The van der Waals surface area contributed by atoms with Gasteiger partial charge in [-0.15, -0.1) is 11.3 Å². The molecule has 0 bridgehead atoms. The Morgan fingerprint density at radius 1 is 1.35 bits per heavy atom. The number of carbonyl (C=O) groups is 2. The molecule has 0 spiro atoms. The predicted octanol–water partition coefficient (Wildman–Crippen LogP) is 2.29. The van der Waals surface area contributed by atoms with Crippen molar-refractivity contribution in [2.45, 2.75) is 40.0 Å². The summed E-state index contributed by atoms with van der Waals surface area (Å²) in [4.78, 5) is 24.0. The van der Waals surface area contributed by atoms with Crippen LogP contribution in [0, 0.1) is 11.3 Å². The molecule has 5 nitrogen and oxygen atoms in total. The van der Waals surface area contributed by atoms with Gasteiger partial charge in [-0.2, -0.15) is 0 Å². The van der Waals surface area contributed by atoms with Crippen LogP contribution in [0.1, 0.15) is 48.0 Å². The van der Waals surface area contributed by atoms with E-state index >= 15 is 0 Å². The lowest BCUT2D eigenvalue weighted by molar-refractivity contribution is 0.0966. The number of hydrogen-bond acceptors (Lipinski definition) is 4.